The molecule has 0 aliphatic rings. The molecule has 1 nitrogen and oxygen atoms in total. The van der Waals surface area contributed by atoms with Crippen LogP contribution in [0.25, 0.3) is 0 Å². The minimum absolute atomic E-state index is 0.932. The third kappa shape index (κ3) is 5.60. The quantitative estimate of drug-likeness (QED) is 0.457. The summed E-state index contributed by atoms with van der Waals surface area (Å²) in [6.45, 7) is 4.40. The van der Waals surface area contributed by atoms with E-state index in [4.69, 9.17) is 15.5 Å². The van der Waals surface area contributed by atoms with Gasteiger partial charge >= 0.3 is 7.63 Å². The van der Waals surface area contributed by atoms with Crippen molar-refractivity contribution in [2.75, 3.05) is 0 Å². The van der Waals surface area contributed by atoms with Crippen LogP contribution in [0, 0.1) is 0 Å². The Kier molecular flexibility index (Phi) is 6.67. The largest absolute Gasteiger partial charge is 0.529 e. The van der Waals surface area contributed by atoms with Crippen LogP contribution in [-0.4, -0.2) is 7.63 Å². The first-order valence-corrected chi connectivity index (χ1v) is 9.96. The van der Waals surface area contributed by atoms with Gasteiger partial charge in [0.25, 0.3) is 0 Å². The van der Waals surface area contributed by atoms with E-state index in [0.29, 0.717) is 0 Å². The van der Waals surface area contributed by atoms with Crippen LogP contribution in [0.15, 0.2) is 30.3 Å². The second-order valence-electron chi connectivity index (χ2n) is 4.51. The average molecular weight is 271 g/mol. The topological polar surface area (TPSA) is 9.23 Å². The Balaban J connectivity index is 2.61. The first-order valence-electron chi connectivity index (χ1n) is 6.63. The van der Waals surface area contributed by atoms with Crippen molar-refractivity contribution in [3.05, 3.63) is 30.3 Å². The highest BCUT2D eigenvalue weighted by molar-refractivity contribution is 7.17. The van der Waals surface area contributed by atoms with E-state index >= 15 is 0 Å². The van der Waals surface area contributed by atoms with Gasteiger partial charge in [-0.1, -0.05) is 57.7 Å². The van der Waals surface area contributed by atoms with Crippen molar-refractivity contribution in [1.82, 2.24) is 0 Å². The lowest BCUT2D eigenvalue weighted by molar-refractivity contribution is 0.543. The van der Waals surface area contributed by atoms with Crippen molar-refractivity contribution in [3.8, 4) is 5.75 Å². The number of benzene rings is 1. The van der Waals surface area contributed by atoms with Crippen molar-refractivity contribution in [2.24, 2.45) is 0 Å². The summed E-state index contributed by atoms with van der Waals surface area (Å²) in [7, 11) is -2.06. The van der Waals surface area contributed by atoms with Crippen molar-refractivity contribution >= 4 is 18.7 Å². The average Bonchev–Trinajstić information content (AvgIpc) is 2.35. The van der Waals surface area contributed by atoms with Gasteiger partial charge in [-0.15, -0.1) is 11.1 Å². The Bertz CT molecular complexity index is 294. The standard InChI is InChI=1S/C14H23ClOSi/c1-3-5-12-17(15,13-6-4-2)16-14-10-8-7-9-11-14/h7-11H,3-6,12-13H2,1-2H3. The predicted octanol–water partition coefficient (Wildman–Crippen LogP) is 5.35. The van der Waals surface area contributed by atoms with Gasteiger partial charge in [-0.3, -0.25) is 0 Å². The molecule has 0 bridgehead atoms. The Morgan fingerprint density at radius 2 is 1.53 bits per heavy atom. The molecule has 0 amide bonds. The fraction of sp³-hybridized carbons (Fsp3) is 0.571. The summed E-state index contributed by atoms with van der Waals surface area (Å²) in [5, 5.41) is 0. The molecule has 0 radical (unpaired) electrons. The number of hydrogen-bond acceptors (Lipinski definition) is 1. The summed E-state index contributed by atoms with van der Waals surface area (Å²) in [4.78, 5) is 0. The molecule has 17 heavy (non-hydrogen) atoms. The molecule has 96 valence electrons. The Morgan fingerprint density at radius 3 is 2.00 bits per heavy atom. The zero-order valence-corrected chi connectivity index (χ0v) is 12.7. The van der Waals surface area contributed by atoms with Gasteiger partial charge in [0, 0.05) is 0 Å². The number of hydrogen-bond donors (Lipinski definition) is 0. The minimum atomic E-state index is -2.06. The number of unbranched alkanes of at least 4 members (excludes halogenated alkanes) is 2. The molecule has 0 saturated carbocycles. The Morgan fingerprint density at radius 1 is 1.00 bits per heavy atom. The molecule has 1 aromatic carbocycles. The van der Waals surface area contributed by atoms with Gasteiger partial charge in [0.1, 0.15) is 5.75 Å². The van der Waals surface area contributed by atoms with Gasteiger partial charge in [0.2, 0.25) is 0 Å². The SMILES string of the molecule is CCCC[Si](Cl)(CCCC)Oc1ccccc1. The highest BCUT2D eigenvalue weighted by Crippen LogP contribution is 2.29. The summed E-state index contributed by atoms with van der Waals surface area (Å²) in [6, 6.07) is 12.1. The van der Waals surface area contributed by atoms with Crippen molar-refractivity contribution in [2.45, 2.75) is 51.6 Å². The Labute approximate surface area is 111 Å². The fourth-order valence-electron chi connectivity index (χ4n) is 1.81. The normalized spacial score (nSPS) is 11.5. The summed E-state index contributed by atoms with van der Waals surface area (Å²) in [5.74, 6) is 0.932. The molecular formula is C14H23ClOSi. The van der Waals surface area contributed by atoms with Gasteiger partial charge in [-0.25, -0.2) is 0 Å². The summed E-state index contributed by atoms with van der Waals surface area (Å²) < 4.78 is 6.11. The predicted molar refractivity (Wildman–Crippen MR) is 78.1 cm³/mol. The molecule has 0 aliphatic heterocycles. The third-order valence-corrected chi connectivity index (χ3v) is 7.02. The summed E-state index contributed by atoms with van der Waals surface area (Å²) >= 11 is 6.75. The second kappa shape index (κ2) is 7.78. The van der Waals surface area contributed by atoms with Crippen molar-refractivity contribution in [3.63, 3.8) is 0 Å². The molecular weight excluding hydrogens is 248 g/mol. The lowest BCUT2D eigenvalue weighted by Gasteiger charge is -2.25. The van der Waals surface area contributed by atoms with Crippen LogP contribution in [0.3, 0.4) is 0 Å². The lowest BCUT2D eigenvalue weighted by Crippen LogP contribution is -2.35. The van der Waals surface area contributed by atoms with Crippen molar-refractivity contribution in [1.29, 1.82) is 0 Å². The van der Waals surface area contributed by atoms with E-state index in [-0.39, 0.29) is 0 Å². The summed E-state index contributed by atoms with van der Waals surface area (Å²) in [5.41, 5.74) is 0. The Hall–Kier alpha value is -0.473. The van der Waals surface area contributed by atoms with Gasteiger partial charge < -0.3 is 4.43 Å². The van der Waals surface area contributed by atoms with E-state index in [1.54, 1.807) is 0 Å². The molecule has 1 rings (SSSR count). The minimum Gasteiger partial charge on any atom is -0.529 e. The van der Waals surface area contributed by atoms with Gasteiger partial charge in [0.15, 0.2) is 0 Å². The maximum absolute atomic E-state index is 6.75. The van der Waals surface area contributed by atoms with Crippen LogP contribution in [0.2, 0.25) is 12.1 Å². The van der Waals surface area contributed by atoms with Crippen LogP contribution in [0.5, 0.6) is 5.75 Å². The van der Waals surface area contributed by atoms with E-state index < -0.39 is 7.63 Å². The van der Waals surface area contributed by atoms with E-state index in [1.807, 2.05) is 30.3 Å². The second-order valence-corrected chi connectivity index (χ2v) is 9.54. The fourth-order valence-corrected chi connectivity index (χ4v) is 5.65. The van der Waals surface area contributed by atoms with Gasteiger partial charge in [-0.05, 0) is 24.2 Å². The molecule has 0 heterocycles. The number of para-hydroxylation sites is 1. The molecule has 0 aromatic heterocycles. The number of rotatable bonds is 8. The highest BCUT2D eigenvalue weighted by atomic mass is 35.6. The lowest BCUT2D eigenvalue weighted by atomic mass is 10.3. The van der Waals surface area contributed by atoms with E-state index in [9.17, 15) is 0 Å². The maximum Gasteiger partial charge on any atom is 0.347 e. The first-order chi connectivity index (χ1) is 8.20. The summed E-state index contributed by atoms with van der Waals surface area (Å²) in [6.07, 6.45) is 4.72. The van der Waals surface area contributed by atoms with E-state index in [2.05, 4.69) is 13.8 Å². The van der Waals surface area contributed by atoms with Crippen molar-refractivity contribution < 1.29 is 4.43 Å². The molecule has 0 atom stereocenters. The molecule has 0 spiro atoms. The molecule has 0 saturated heterocycles. The number of halogens is 1. The molecule has 3 heteroatoms. The molecule has 0 unspecified atom stereocenters. The molecule has 1 aromatic rings. The highest BCUT2D eigenvalue weighted by Gasteiger charge is 2.33. The molecule has 0 N–H and O–H groups in total. The van der Waals surface area contributed by atoms with Crippen LogP contribution >= 0.6 is 11.1 Å². The molecule has 0 fully saturated rings. The monoisotopic (exact) mass is 270 g/mol. The van der Waals surface area contributed by atoms with Crippen LogP contribution in [-0.2, 0) is 0 Å². The smallest absolute Gasteiger partial charge is 0.347 e. The van der Waals surface area contributed by atoms with Crippen LogP contribution in [0.1, 0.15) is 39.5 Å². The van der Waals surface area contributed by atoms with Crippen LogP contribution in [0.4, 0.5) is 0 Å². The van der Waals surface area contributed by atoms with Gasteiger partial charge in [-0.2, -0.15) is 0 Å². The zero-order valence-electron chi connectivity index (χ0n) is 10.9. The maximum atomic E-state index is 6.75. The molecule has 0 aliphatic carbocycles. The van der Waals surface area contributed by atoms with E-state index in [0.717, 1.165) is 17.8 Å². The van der Waals surface area contributed by atoms with Gasteiger partial charge in [0.05, 0.1) is 0 Å². The van der Waals surface area contributed by atoms with Crippen LogP contribution < -0.4 is 4.43 Å². The first kappa shape index (κ1) is 14.6. The third-order valence-electron chi connectivity index (χ3n) is 2.85. The van der Waals surface area contributed by atoms with E-state index in [1.165, 1.54) is 25.7 Å². The zero-order chi connectivity index (χ0) is 12.6.